The lowest BCUT2D eigenvalue weighted by atomic mass is 9.97. The van der Waals surface area contributed by atoms with Crippen LogP contribution < -0.4 is 10.6 Å². The van der Waals surface area contributed by atoms with E-state index < -0.39 is 6.10 Å². The summed E-state index contributed by atoms with van der Waals surface area (Å²) in [6.07, 6.45) is 3.57. The van der Waals surface area contributed by atoms with Crippen molar-refractivity contribution in [3.05, 3.63) is 33.8 Å². The maximum absolute atomic E-state index is 12.2. The van der Waals surface area contributed by atoms with Crippen molar-refractivity contribution in [2.24, 2.45) is 5.92 Å². The Kier molecular flexibility index (Phi) is 6.98. The monoisotopic (exact) mass is 414 g/mol. The molecule has 0 unspecified atom stereocenters. The number of amides is 2. The number of aliphatic hydroxyl groups excluding tert-OH is 1. The van der Waals surface area contributed by atoms with Crippen molar-refractivity contribution in [1.82, 2.24) is 10.6 Å². The zero-order valence-corrected chi connectivity index (χ0v) is 16.4. The number of benzene rings is 1. The summed E-state index contributed by atoms with van der Waals surface area (Å²) in [7, 11) is 0. The third-order valence-corrected chi connectivity index (χ3v) is 5.38. The molecule has 2 amide bonds. The van der Waals surface area contributed by atoms with Gasteiger partial charge in [0.25, 0.3) is 5.91 Å². The molecule has 1 heterocycles. The molecule has 1 saturated carbocycles. The zero-order valence-electron chi connectivity index (χ0n) is 14.9. The molecule has 3 N–H and O–H groups in total. The molecule has 1 aliphatic carbocycles. The second-order valence-electron chi connectivity index (χ2n) is 7.15. The molecule has 0 bridgehead atoms. The van der Waals surface area contributed by atoms with Crippen LogP contribution in [0.5, 0.6) is 0 Å². The smallest absolute Gasteiger partial charge is 0.251 e. The molecule has 1 aromatic carbocycles. The first kappa shape index (κ1) is 20.4. The fraction of sp³-hybridized carbons (Fsp3) is 0.579. The van der Waals surface area contributed by atoms with Crippen LogP contribution in [0, 0.1) is 5.92 Å². The largest absolute Gasteiger partial charge is 0.394 e. The number of aliphatic hydroxyl groups is 1. The number of halogens is 2. The normalized spacial score (nSPS) is 25.1. The first-order chi connectivity index (χ1) is 13.0. The van der Waals surface area contributed by atoms with Crippen LogP contribution in [-0.2, 0) is 9.53 Å². The molecular formula is C19H24Cl2N2O4. The van der Waals surface area contributed by atoms with Gasteiger partial charge in [-0.1, -0.05) is 23.2 Å². The van der Waals surface area contributed by atoms with Gasteiger partial charge in [0, 0.05) is 28.1 Å². The van der Waals surface area contributed by atoms with Crippen LogP contribution in [0.4, 0.5) is 0 Å². The Bertz CT molecular complexity index is 676. The second kappa shape index (κ2) is 9.24. The summed E-state index contributed by atoms with van der Waals surface area (Å²) >= 11 is 11.8. The van der Waals surface area contributed by atoms with Crippen LogP contribution >= 0.6 is 23.2 Å². The van der Waals surface area contributed by atoms with E-state index >= 15 is 0 Å². The van der Waals surface area contributed by atoms with E-state index in [1.807, 2.05) is 0 Å². The van der Waals surface area contributed by atoms with E-state index in [4.69, 9.17) is 27.9 Å². The standard InChI is InChI=1S/C19H24Cl2N2O4/c20-13-7-12(8-14(21)9-13)18(25)22-6-5-15-3-4-16(17(10-24)27-15)23-19(26)11-1-2-11/h7-9,11,15-17,24H,1-6,10H2,(H,22,25)(H,23,26)/t15-,16+,17-/m1/s1. The van der Waals surface area contributed by atoms with Gasteiger partial charge in [0.15, 0.2) is 0 Å². The van der Waals surface area contributed by atoms with Gasteiger partial charge < -0.3 is 20.5 Å². The van der Waals surface area contributed by atoms with E-state index in [9.17, 15) is 14.7 Å². The van der Waals surface area contributed by atoms with Crippen molar-refractivity contribution < 1.29 is 19.4 Å². The molecule has 0 spiro atoms. The number of carbonyl (C=O) groups is 2. The van der Waals surface area contributed by atoms with Crippen LogP contribution in [0.15, 0.2) is 18.2 Å². The number of rotatable bonds is 7. The van der Waals surface area contributed by atoms with Crippen molar-refractivity contribution in [2.45, 2.75) is 50.4 Å². The van der Waals surface area contributed by atoms with Gasteiger partial charge >= 0.3 is 0 Å². The lowest BCUT2D eigenvalue weighted by Gasteiger charge is -2.36. The highest BCUT2D eigenvalue weighted by atomic mass is 35.5. The minimum absolute atomic E-state index is 0.0629. The highest BCUT2D eigenvalue weighted by Crippen LogP contribution is 2.30. The molecule has 2 aliphatic rings. The second-order valence-corrected chi connectivity index (χ2v) is 8.02. The van der Waals surface area contributed by atoms with E-state index in [0.717, 1.165) is 25.7 Å². The van der Waals surface area contributed by atoms with Gasteiger partial charge in [0.2, 0.25) is 5.91 Å². The van der Waals surface area contributed by atoms with Gasteiger partial charge in [-0.3, -0.25) is 9.59 Å². The Morgan fingerprint density at radius 1 is 1.11 bits per heavy atom. The number of nitrogens with one attached hydrogen (secondary N) is 2. The quantitative estimate of drug-likeness (QED) is 0.639. The molecular weight excluding hydrogens is 391 g/mol. The lowest BCUT2D eigenvalue weighted by molar-refractivity contribution is -0.129. The van der Waals surface area contributed by atoms with Crippen molar-refractivity contribution in [1.29, 1.82) is 0 Å². The number of hydrogen-bond acceptors (Lipinski definition) is 4. The molecule has 0 aromatic heterocycles. The zero-order chi connectivity index (χ0) is 19.4. The van der Waals surface area contributed by atoms with Crippen LogP contribution in [0.1, 0.15) is 42.5 Å². The van der Waals surface area contributed by atoms with Gasteiger partial charge in [-0.15, -0.1) is 0 Å². The van der Waals surface area contributed by atoms with E-state index in [1.54, 1.807) is 18.2 Å². The Labute approximate surface area is 168 Å². The molecule has 6 nitrogen and oxygen atoms in total. The van der Waals surface area contributed by atoms with Crippen LogP contribution in [0.2, 0.25) is 10.0 Å². The van der Waals surface area contributed by atoms with Gasteiger partial charge in [-0.25, -0.2) is 0 Å². The minimum Gasteiger partial charge on any atom is -0.394 e. The summed E-state index contributed by atoms with van der Waals surface area (Å²) < 4.78 is 5.92. The summed E-state index contributed by atoms with van der Waals surface area (Å²) in [6, 6.07) is 4.55. The highest BCUT2D eigenvalue weighted by molar-refractivity contribution is 6.35. The average molecular weight is 415 g/mol. The molecule has 1 aliphatic heterocycles. The molecule has 1 aromatic rings. The number of ether oxygens (including phenoxy) is 1. The number of hydrogen-bond donors (Lipinski definition) is 3. The van der Waals surface area contributed by atoms with Crippen molar-refractivity contribution in [2.75, 3.05) is 13.2 Å². The summed E-state index contributed by atoms with van der Waals surface area (Å²) in [5.41, 5.74) is 0.410. The van der Waals surface area contributed by atoms with Crippen LogP contribution in [-0.4, -0.2) is 48.3 Å². The minimum atomic E-state index is -0.408. The Balaban J connectivity index is 1.43. The van der Waals surface area contributed by atoms with E-state index in [-0.39, 0.29) is 36.5 Å². The predicted molar refractivity (Wildman–Crippen MR) is 103 cm³/mol. The topological polar surface area (TPSA) is 87.7 Å². The highest BCUT2D eigenvalue weighted by Gasteiger charge is 2.36. The molecule has 1 saturated heterocycles. The first-order valence-electron chi connectivity index (χ1n) is 9.27. The number of carbonyl (C=O) groups excluding carboxylic acids is 2. The summed E-state index contributed by atoms with van der Waals surface area (Å²) in [4.78, 5) is 24.1. The van der Waals surface area contributed by atoms with Crippen LogP contribution in [0.25, 0.3) is 0 Å². The van der Waals surface area contributed by atoms with Crippen LogP contribution in [0.3, 0.4) is 0 Å². The summed E-state index contributed by atoms with van der Waals surface area (Å²) in [5.74, 6) is -0.0475. The van der Waals surface area contributed by atoms with Gasteiger partial charge in [-0.2, -0.15) is 0 Å². The SMILES string of the molecule is O=C(NCC[C@H]1CC[C@H](NC(=O)C2CC2)[C@@H](CO)O1)c1cc(Cl)cc(Cl)c1. The van der Waals surface area contributed by atoms with Crippen molar-refractivity contribution in [3.63, 3.8) is 0 Å². The molecule has 2 fully saturated rings. The van der Waals surface area contributed by atoms with Gasteiger partial charge in [0.05, 0.1) is 18.8 Å². The van der Waals surface area contributed by atoms with Crippen molar-refractivity contribution >= 4 is 35.0 Å². The Morgan fingerprint density at radius 3 is 2.44 bits per heavy atom. The summed E-state index contributed by atoms with van der Waals surface area (Å²) in [6.45, 7) is 0.296. The molecule has 0 radical (unpaired) electrons. The average Bonchev–Trinajstić information content (AvgIpc) is 3.47. The Morgan fingerprint density at radius 2 is 1.81 bits per heavy atom. The Hall–Kier alpha value is -1.34. The third-order valence-electron chi connectivity index (χ3n) is 4.95. The van der Waals surface area contributed by atoms with E-state index in [0.29, 0.717) is 28.6 Å². The third kappa shape index (κ3) is 5.82. The predicted octanol–water partition coefficient (Wildman–Crippen LogP) is 2.55. The maximum atomic E-state index is 12.2. The molecule has 3 rings (SSSR count). The molecule has 3 atom stereocenters. The molecule has 27 heavy (non-hydrogen) atoms. The lowest BCUT2D eigenvalue weighted by Crippen LogP contribution is -2.51. The van der Waals surface area contributed by atoms with Gasteiger partial charge in [-0.05, 0) is 50.3 Å². The maximum Gasteiger partial charge on any atom is 0.251 e. The summed E-state index contributed by atoms with van der Waals surface area (Å²) in [5, 5.41) is 16.2. The van der Waals surface area contributed by atoms with E-state index in [1.165, 1.54) is 0 Å². The molecule has 148 valence electrons. The van der Waals surface area contributed by atoms with Crippen molar-refractivity contribution in [3.8, 4) is 0 Å². The molecule has 8 heteroatoms. The van der Waals surface area contributed by atoms with Gasteiger partial charge in [0.1, 0.15) is 6.10 Å². The fourth-order valence-electron chi connectivity index (χ4n) is 3.29. The fourth-order valence-corrected chi connectivity index (χ4v) is 3.82. The first-order valence-corrected chi connectivity index (χ1v) is 10.0. The van der Waals surface area contributed by atoms with E-state index in [2.05, 4.69) is 10.6 Å².